The third-order valence-corrected chi connectivity index (χ3v) is 3.15. The molecule has 1 aromatic heterocycles. The van der Waals surface area contributed by atoms with E-state index in [-0.39, 0.29) is 5.91 Å². The van der Waals surface area contributed by atoms with Crippen LogP contribution in [0.15, 0.2) is 10.6 Å². The standard InChI is InChI=1S/C12H18N2O2/c1-9-3-5-14(6-4-9)12(15)8-11-7-10(2)16-13-11/h7,9H,3-6,8H2,1-2H3. The van der Waals surface area contributed by atoms with Crippen LogP contribution in [0.5, 0.6) is 0 Å². The van der Waals surface area contributed by atoms with Gasteiger partial charge in [-0.2, -0.15) is 0 Å². The summed E-state index contributed by atoms with van der Waals surface area (Å²) in [7, 11) is 0. The third-order valence-electron chi connectivity index (χ3n) is 3.15. The third kappa shape index (κ3) is 2.62. The highest BCUT2D eigenvalue weighted by Gasteiger charge is 2.21. The summed E-state index contributed by atoms with van der Waals surface area (Å²) in [6.07, 6.45) is 2.60. The fraction of sp³-hybridized carbons (Fsp3) is 0.667. The van der Waals surface area contributed by atoms with Crippen molar-refractivity contribution in [2.45, 2.75) is 33.1 Å². The molecule has 2 heterocycles. The Hall–Kier alpha value is -1.32. The van der Waals surface area contributed by atoms with E-state index in [1.165, 1.54) is 0 Å². The number of nitrogens with zero attached hydrogens (tertiary/aromatic N) is 2. The molecule has 0 atom stereocenters. The monoisotopic (exact) mass is 222 g/mol. The summed E-state index contributed by atoms with van der Waals surface area (Å²) in [6.45, 7) is 5.85. The van der Waals surface area contributed by atoms with Crippen LogP contribution in [0, 0.1) is 12.8 Å². The van der Waals surface area contributed by atoms with Crippen molar-refractivity contribution in [3.05, 3.63) is 17.5 Å². The summed E-state index contributed by atoms with van der Waals surface area (Å²) in [5.41, 5.74) is 0.737. The topological polar surface area (TPSA) is 46.3 Å². The van der Waals surface area contributed by atoms with Crippen LogP contribution in [0.4, 0.5) is 0 Å². The Morgan fingerprint density at radius 3 is 2.81 bits per heavy atom. The first-order valence-electron chi connectivity index (χ1n) is 5.85. The van der Waals surface area contributed by atoms with Gasteiger partial charge in [0.25, 0.3) is 0 Å². The number of piperidine rings is 1. The van der Waals surface area contributed by atoms with Gasteiger partial charge in [-0.05, 0) is 25.7 Å². The quantitative estimate of drug-likeness (QED) is 0.766. The highest BCUT2D eigenvalue weighted by atomic mass is 16.5. The number of likely N-dealkylation sites (tertiary alicyclic amines) is 1. The molecule has 0 bridgehead atoms. The summed E-state index contributed by atoms with van der Waals surface area (Å²) in [5, 5.41) is 3.84. The molecule has 0 spiro atoms. The van der Waals surface area contributed by atoms with Crippen molar-refractivity contribution < 1.29 is 9.32 Å². The Kier molecular flexibility index (Phi) is 3.27. The molecule has 0 radical (unpaired) electrons. The van der Waals surface area contributed by atoms with Crippen LogP contribution in [0.25, 0.3) is 0 Å². The van der Waals surface area contributed by atoms with Gasteiger partial charge < -0.3 is 9.42 Å². The maximum Gasteiger partial charge on any atom is 0.228 e. The van der Waals surface area contributed by atoms with Crippen molar-refractivity contribution in [1.29, 1.82) is 0 Å². The van der Waals surface area contributed by atoms with E-state index in [1.54, 1.807) is 0 Å². The van der Waals surface area contributed by atoms with Gasteiger partial charge in [0.05, 0.1) is 12.1 Å². The van der Waals surface area contributed by atoms with Gasteiger partial charge in [0.1, 0.15) is 5.76 Å². The highest BCUT2D eigenvalue weighted by molar-refractivity contribution is 5.78. The molecule has 0 N–H and O–H groups in total. The molecule has 0 unspecified atom stereocenters. The number of hydrogen-bond donors (Lipinski definition) is 0. The normalized spacial score (nSPS) is 17.8. The summed E-state index contributed by atoms with van der Waals surface area (Å²) in [5.74, 6) is 1.67. The van der Waals surface area contributed by atoms with E-state index in [4.69, 9.17) is 4.52 Å². The lowest BCUT2D eigenvalue weighted by Gasteiger charge is -2.30. The van der Waals surface area contributed by atoms with E-state index in [9.17, 15) is 4.79 Å². The molecule has 4 nitrogen and oxygen atoms in total. The van der Waals surface area contributed by atoms with E-state index in [0.29, 0.717) is 6.42 Å². The van der Waals surface area contributed by atoms with E-state index in [1.807, 2.05) is 17.9 Å². The van der Waals surface area contributed by atoms with Gasteiger partial charge in [0.2, 0.25) is 5.91 Å². The Morgan fingerprint density at radius 2 is 2.25 bits per heavy atom. The van der Waals surface area contributed by atoms with Gasteiger partial charge in [-0.3, -0.25) is 4.79 Å². The van der Waals surface area contributed by atoms with Gasteiger partial charge in [-0.1, -0.05) is 12.1 Å². The summed E-state index contributed by atoms with van der Waals surface area (Å²) >= 11 is 0. The van der Waals surface area contributed by atoms with E-state index in [2.05, 4.69) is 12.1 Å². The average molecular weight is 222 g/mol. The minimum atomic E-state index is 0.167. The largest absolute Gasteiger partial charge is 0.361 e. The molecule has 1 aliphatic heterocycles. The lowest BCUT2D eigenvalue weighted by molar-refractivity contribution is -0.131. The van der Waals surface area contributed by atoms with Crippen molar-refractivity contribution in [3.63, 3.8) is 0 Å². The van der Waals surface area contributed by atoms with Crippen molar-refractivity contribution in [3.8, 4) is 0 Å². The highest BCUT2D eigenvalue weighted by Crippen LogP contribution is 2.16. The number of carbonyl (C=O) groups is 1. The lowest BCUT2D eigenvalue weighted by Crippen LogP contribution is -2.38. The van der Waals surface area contributed by atoms with E-state index < -0.39 is 0 Å². The lowest BCUT2D eigenvalue weighted by atomic mass is 9.99. The van der Waals surface area contributed by atoms with Crippen LogP contribution in [0.3, 0.4) is 0 Å². The zero-order valence-electron chi connectivity index (χ0n) is 9.90. The molecule has 88 valence electrons. The maximum atomic E-state index is 11.9. The number of aryl methyl sites for hydroxylation is 1. The van der Waals surface area contributed by atoms with Crippen LogP contribution in [-0.2, 0) is 11.2 Å². The van der Waals surface area contributed by atoms with Crippen LogP contribution in [-0.4, -0.2) is 29.1 Å². The second kappa shape index (κ2) is 4.68. The SMILES string of the molecule is Cc1cc(CC(=O)N2CCC(C)CC2)no1. The van der Waals surface area contributed by atoms with E-state index in [0.717, 1.165) is 43.3 Å². The Bertz CT molecular complexity index is 365. The minimum Gasteiger partial charge on any atom is -0.361 e. The van der Waals surface area contributed by atoms with Crippen molar-refractivity contribution in [1.82, 2.24) is 10.1 Å². The van der Waals surface area contributed by atoms with Gasteiger partial charge in [0.15, 0.2) is 0 Å². The van der Waals surface area contributed by atoms with Crippen LogP contribution in [0.2, 0.25) is 0 Å². The molecular weight excluding hydrogens is 204 g/mol. The predicted octanol–water partition coefficient (Wildman–Crippen LogP) is 1.78. The Morgan fingerprint density at radius 1 is 1.56 bits per heavy atom. The maximum absolute atomic E-state index is 11.9. The minimum absolute atomic E-state index is 0.167. The first-order chi connectivity index (χ1) is 7.65. The molecule has 0 aromatic carbocycles. The molecule has 0 aliphatic carbocycles. The zero-order valence-corrected chi connectivity index (χ0v) is 9.90. The van der Waals surface area contributed by atoms with Crippen molar-refractivity contribution in [2.75, 3.05) is 13.1 Å². The Balaban J connectivity index is 1.88. The first kappa shape index (κ1) is 11.2. The number of hydrogen-bond acceptors (Lipinski definition) is 3. The molecule has 1 fully saturated rings. The summed E-state index contributed by atoms with van der Waals surface area (Å²) in [4.78, 5) is 13.9. The first-order valence-corrected chi connectivity index (χ1v) is 5.85. The zero-order chi connectivity index (χ0) is 11.5. The fourth-order valence-corrected chi connectivity index (χ4v) is 2.03. The van der Waals surface area contributed by atoms with Gasteiger partial charge in [-0.25, -0.2) is 0 Å². The van der Waals surface area contributed by atoms with Gasteiger partial charge >= 0.3 is 0 Å². The number of aromatic nitrogens is 1. The second-order valence-electron chi connectivity index (χ2n) is 4.67. The summed E-state index contributed by atoms with van der Waals surface area (Å²) < 4.78 is 4.95. The van der Waals surface area contributed by atoms with E-state index >= 15 is 0 Å². The number of rotatable bonds is 2. The molecule has 1 aliphatic rings. The molecular formula is C12H18N2O2. The average Bonchev–Trinajstić information content (AvgIpc) is 2.65. The molecule has 1 saturated heterocycles. The van der Waals surface area contributed by atoms with Crippen LogP contribution in [0.1, 0.15) is 31.2 Å². The summed E-state index contributed by atoms with van der Waals surface area (Å²) in [6, 6.07) is 1.82. The van der Waals surface area contributed by atoms with Crippen molar-refractivity contribution >= 4 is 5.91 Å². The predicted molar refractivity (Wildman–Crippen MR) is 59.9 cm³/mol. The molecule has 0 saturated carbocycles. The van der Waals surface area contributed by atoms with Crippen molar-refractivity contribution in [2.24, 2.45) is 5.92 Å². The van der Waals surface area contributed by atoms with Gasteiger partial charge in [-0.15, -0.1) is 0 Å². The van der Waals surface area contributed by atoms with Gasteiger partial charge in [0, 0.05) is 19.2 Å². The van der Waals surface area contributed by atoms with Crippen LogP contribution >= 0.6 is 0 Å². The molecule has 1 aromatic rings. The molecule has 1 amide bonds. The Labute approximate surface area is 95.6 Å². The van der Waals surface area contributed by atoms with Crippen LogP contribution < -0.4 is 0 Å². The molecule has 4 heteroatoms. The number of amides is 1. The second-order valence-corrected chi connectivity index (χ2v) is 4.67. The molecule has 16 heavy (non-hydrogen) atoms. The fourth-order valence-electron chi connectivity index (χ4n) is 2.03. The smallest absolute Gasteiger partial charge is 0.228 e. The number of carbonyl (C=O) groups excluding carboxylic acids is 1. The molecule has 2 rings (SSSR count).